The fourth-order valence-electron chi connectivity index (χ4n) is 2.50. The molecular weight excluding hydrogens is 282 g/mol. The van der Waals surface area contributed by atoms with Crippen LogP contribution in [-0.2, 0) is 13.0 Å². The van der Waals surface area contributed by atoms with E-state index in [0.717, 1.165) is 12.8 Å². The summed E-state index contributed by atoms with van der Waals surface area (Å²) in [6, 6.07) is 14.5. The van der Waals surface area contributed by atoms with Crippen LogP contribution in [0.3, 0.4) is 0 Å². The number of carbonyl (C=O) groups is 1. The maximum Gasteiger partial charge on any atom is 0.419 e. The van der Waals surface area contributed by atoms with Crippen molar-refractivity contribution in [2.45, 2.75) is 19.4 Å². The summed E-state index contributed by atoms with van der Waals surface area (Å²) >= 11 is 0. The van der Waals surface area contributed by atoms with Crippen LogP contribution in [0.5, 0.6) is 0 Å². The number of aromatic carboxylic acids is 1. The average Bonchev–Trinajstić information content (AvgIpc) is 2.83. The molecular formula is C17H15NO4. The lowest BCUT2D eigenvalue weighted by molar-refractivity contribution is 0.0697. The van der Waals surface area contributed by atoms with Gasteiger partial charge in [0.25, 0.3) is 0 Å². The molecule has 5 nitrogen and oxygen atoms in total. The van der Waals surface area contributed by atoms with Crippen LogP contribution in [0.4, 0.5) is 0 Å². The molecule has 0 amide bonds. The Kier molecular flexibility index (Phi) is 3.78. The van der Waals surface area contributed by atoms with E-state index >= 15 is 0 Å². The topological polar surface area (TPSA) is 72.4 Å². The summed E-state index contributed by atoms with van der Waals surface area (Å²) in [5.41, 5.74) is 2.27. The zero-order valence-electron chi connectivity index (χ0n) is 11.9. The van der Waals surface area contributed by atoms with Crippen LogP contribution >= 0.6 is 0 Å². The van der Waals surface area contributed by atoms with Gasteiger partial charge < -0.3 is 9.52 Å². The van der Waals surface area contributed by atoms with Crippen LogP contribution in [0.15, 0.2) is 57.7 Å². The summed E-state index contributed by atoms with van der Waals surface area (Å²) in [6.07, 6.45) is 1.67. The Hall–Kier alpha value is -2.82. The number of nitrogens with zero attached hydrogens (tertiary/aromatic N) is 1. The van der Waals surface area contributed by atoms with Gasteiger partial charge in [-0.3, -0.25) is 4.57 Å². The molecule has 0 aliphatic carbocycles. The van der Waals surface area contributed by atoms with Crippen LogP contribution in [0, 0.1) is 0 Å². The Labute approximate surface area is 126 Å². The lowest BCUT2D eigenvalue weighted by atomic mass is 10.1. The van der Waals surface area contributed by atoms with E-state index in [0.29, 0.717) is 17.6 Å². The van der Waals surface area contributed by atoms with E-state index in [-0.39, 0.29) is 5.56 Å². The largest absolute Gasteiger partial charge is 0.478 e. The molecule has 0 atom stereocenters. The molecule has 0 aliphatic rings. The highest BCUT2D eigenvalue weighted by Gasteiger charge is 2.12. The molecule has 3 rings (SSSR count). The number of oxazole rings is 1. The standard InChI is InChI=1S/C17H15NO4/c19-16(20)13-8-9-14-15(11-13)22-17(21)18(14)10-4-7-12-5-2-1-3-6-12/h1-3,5-6,8-9,11H,4,7,10H2,(H,19,20). The fraction of sp³-hybridized carbons (Fsp3) is 0.176. The predicted molar refractivity (Wildman–Crippen MR) is 82.2 cm³/mol. The molecule has 0 unspecified atom stereocenters. The van der Waals surface area contributed by atoms with Crippen LogP contribution in [0.2, 0.25) is 0 Å². The Morgan fingerprint density at radius 1 is 1.14 bits per heavy atom. The van der Waals surface area contributed by atoms with E-state index in [1.54, 1.807) is 10.6 Å². The number of fused-ring (bicyclic) bond motifs is 1. The van der Waals surface area contributed by atoms with Gasteiger partial charge in [-0.1, -0.05) is 30.3 Å². The number of hydrogen-bond donors (Lipinski definition) is 1. The van der Waals surface area contributed by atoms with Crippen molar-refractivity contribution in [2.75, 3.05) is 0 Å². The van der Waals surface area contributed by atoms with Gasteiger partial charge in [-0.15, -0.1) is 0 Å². The average molecular weight is 297 g/mol. The molecule has 112 valence electrons. The highest BCUT2D eigenvalue weighted by molar-refractivity contribution is 5.91. The Morgan fingerprint density at radius 3 is 2.64 bits per heavy atom. The monoisotopic (exact) mass is 297 g/mol. The molecule has 0 bridgehead atoms. The molecule has 0 saturated heterocycles. The fourth-order valence-corrected chi connectivity index (χ4v) is 2.50. The second kappa shape index (κ2) is 5.89. The van der Waals surface area contributed by atoms with E-state index in [1.807, 2.05) is 18.2 Å². The molecule has 3 aromatic rings. The maximum absolute atomic E-state index is 11.9. The van der Waals surface area contributed by atoms with Gasteiger partial charge in [0, 0.05) is 6.54 Å². The Bertz CT molecular complexity index is 861. The third kappa shape index (κ3) is 2.79. The lowest BCUT2D eigenvalue weighted by Crippen LogP contribution is -2.14. The van der Waals surface area contributed by atoms with E-state index in [1.165, 1.54) is 17.7 Å². The third-order valence-electron chi connectivity index (χ3n) is 3.61. The summed E-state index contributed by atoms with van der Waals surface area (Å²) in [6.45, 7) is 0.535. The highest BCUT2D eigenvalue weighted by atomic mass is 16.4. The summed E-state index contributed by atoms with van der Waals surface area (Å²) in [5.74, 6) is -1.49. The first-order valence-corrected chi connectivity index (χ1v) is 7.06. The first-order chi connectivity index (χ1) is 10.6. The van der Waals surface area contributed by atoms with Gasteiger partial charge in [-0.2, -0.15) is 0 Å². The minimum atomic E-state index is -1.04. The number of rotatable bonds is 5. The van der Waals surface area contributed by atoms with Crippen molar-refractivity contribution in [1.82, 2.24) is 4.57 Å². The number of benzene rings is 2. The minimum absolute atomic E-state index is 0.109. The van der Waals surface area contributed by atoms with Crippen molar-refractivity contribution in [3.05, 3.63) is 70.2 Å². The molecule has 0 radical (unpaired) electrons. The molecule has 22 heavy (non-hydrogen) atoms. The number of aromatic nitrogens is 1. The Balaban J connectivity index is 1.80. The summed E-state index contributed by atoms with van der Waals surface area (Å²) in [4.78, 5) is 22.8. The number of carboxylic acids is 1. The van der Waals surface area contributed by atoms with Gasteiger partial charge in [-0.05, 0) is 36.6 Å². The minimum Gasteiger partial charge on any atom is -0.478 e. The van der Waals surface area contributed by atoms with Gasteiger partial charge in [0.1, 0.15) is 0 Å². The molecule has 0 aliphatic heterocycles. The van der Waals surface area contributed by atoms with Crippen LogP contribution in [0.1, 0.15) is 22.3 Å². The molecule has 1 heterocycles. The van der Waals surface area contributed by atoms with E-state index in [9.17, 15) is 9.59 Å². The van der Waals surface area contributed by atoms with Crippen LogP contribution in [0.25, 0.3) is 11.1 Å². The normalized spacial score (nSPS) is 10.9. The van der Waals surface area contributed by atoms with Crippen LogP contribution in [-0.4, -0.2) is 15.6 Å². The Morgan fingerprint density at radius 2 is 1.91 bits per heavy atom. The number of aryl methyl sites for hydroxylation is 2. The van der Waals surface area contributed by atoms with Crippen molar-refractivity contribution >= 4 is 17.1 Å². The van der Waals surface area contributed by atoms with Gasteiger partial charge >= 0.3 is 11.7 Å². The maximum atomic E-state index is 11.9. The first kappa shape index (κ1) is 14.1. The number of hydrogen-bond acceptors (Lipinski definition) is 3. The molecule has 2 aromatic carbocycles. The smallest absolute Gasteiger partial charge is 0.419 e. The summed E-state index contributed by atoms with van der Waals surface area (Å²) < 4.78 is 6.68. The summed E-state index contributed by atoms with van der Waals surface area (Å²) in [5, 5.41) is 8.96. The molecule has 5 heteroatoms. The molecule has 1 aromatic heterocycles. The van der Waals surface area contributed by atoms with Gasteiger partial charge in [0.2, 0.25) is 0 Å². The van der Waals surface area contributed by atoms with Crippen molar-refractivity contribution in [3.8, 4) is 0 Å². The lowest BCUT2D eigenvalue weighted by Gasteiger charge is -2.03. The zero-order chi connectivity index (χ0) is 15.5. The molecule has 0 fully saturated rings. The van der Waals surface area contributed by atoms with E-state index < -0.39 is 11.7 Å². The van der Waals surface area contributed by atoms with E-state index in [4.69, 9.17) is 9.52 Å². The van der Waals surface area contributed by atoms with Crippen molar-refractivity contribution in [1.29, 1.82) is 0 Å². The van der Waals surface area contributed by atoms with Gasteiger partial charge in [0.05, 0.1) is 11.1 Å². The van der Waals surface area contributed by atoms with Crippen LogP contribution < -0.4 is 5.76 Å². The second-order valence-corrected chi connectivity index (χ2v) is 5.10. The quantitative estimate of drug-likeness (QED) is 0.786. The highest BCUT2D eigenvalue weighted by Crippen LogP contribution is 2.16. The van der Waals surface area contributed by atoms with Crippen molar-refractivity contribution in [2.24, 2.45) is 0 Å². The van der Waals surface area contributed by atoms with E-state index in [2.05, 4.69) is 12.1 Å². The predicted octanol–water partition coefficient (Wildman–Crippen LogP) is 2.93. The number of carboxylic acid groups (broad SMARTS) is 1. The van der Waals surface area contributed by atoms with Gasteiger partial charge in [0.15, 0.2) is 5.58 Å². The first-order valence-electron chi connectivity index (χ1n) is 7.06. The third-order valence-corrected chi connectivity index (χ3v) is 3.61. The zero-order valence-corrected chi connectivity index (χ0v) is 11.9. The van der Waals surface area contributed by atoms with Crippen molar-refractivity contribution in [3.63, 3.8) is 0 Å². The SMILES string of the molecule is O=C(O)c1ccc2c(c1)oc(=O)n2CCCc1ccccc1. The molecule has 1 N–H and O–H groups in total. The molecule has 0 saturated carbocycles. The van der Waals surface area contributed by atoms with Gasteiger partial charge in [-0.25, -0.2) is 9.59 Å². The summed E-state index contributed by atoms with van der Waals surface area (Å²) in [7, 11) is 0. The molecule has 0 spiro atoms. The van der Waals surface area contributed by atoms with Crippen molar-refractivity contribution < 1.29 is 14.3 Å². The second-order valence-electron chi connectivity index (χ2n) is 5.10.